The average molecular weight is 289 g/mol. The lowest BCUT2D eigenvalue weighted by atomic mass is 9.86. The van der Waals surface area contributed by atoms with Crippen molar-refractivity contribution < 1.29 is 9.84 Å². The number of aliphatic hydroxyl groups excluding tert-OH is 1. The van der Waals surface area contributed by atoms with E-state index in [0.717, 1.165) is 4.90 Å². The Morgan fingerprint density at radius 2 is 2.06 bits per heavy atom. The third-order valence-electron chi connectivity index (χ3n) is 2.67. The monoisotopic (exact) mass is 288 g/mol. The lowest BCUT2D eigenvalue weighted by molar-refractivity contribution is -0.0608. The maximum Gasteiger partial charge on any atom is 0.0900 e. The van der Waals surface area contributed by atoms with Crippen LogP contribution in [0, 0.1) is 5.41 Å². The summed E-state index contributed by atoms with van der Waals surface area (Å²) in [7, 11) is 1.64. The first kappa shape index (κ1) is 15.8. The van der Waals surface area contributed by atoms with Crippen molar-refractivity contribution in [3.05, 3.63) is 29.3 Å². The Morgan fingerprint density at radius 1 is 1.39 bits per heavy atom. The van der Waals surface area contributed by atoms with Crippen LogP contribution in [0.15, 0.2) is 29.2 Å². The molecular weight excluding hydrogens is 268 g/mol. The van der Waals surface area contributed by atoms with Crippen LogP contribution in [0.2, 0.25) is 5.02 Å². The van der Waals surface area contributed by atoms with Gasteiger partial charge in [-0.3, -0.25) is 0 Å². The maximum atomic E-state index is 10.2. The largest absolute Gasteiger partial charge is 0.390 e. The molecule has 1 N–H and O–H groups in total. The second kappa shape index (κ2) is 6.80. The van der Waals surface area contributed by atoms with Crippen molar-refractivity contribution in [1.82, 2.24) is 0 Å². The summed E-state index contributed by atoms with van der Waals surface area (Å²) < 4.78 is 5.40. The number of methoxy groups -OCH3 is 1. The van der Waals surface area contributed by atoms with Crippen LogP contribution in [0.4, 0.5) is 0 Å². The minimum absolute atomic E-state index is 0.0803. The summed E-state index contributed by atoms with van der Waals surface area (Å²) in [5.41, 5.74) is -0.0803. The zero-order valence-corrected chi connectivity index (χ0v) is 12.9. The van der Waals surface area contributed by atoms with Gasteiger partial charge in [-0.05, 0) is 23.6 Å². The first-order valence-electron chi connectivity index (χ1n) is 5.94. The van der Waals surface area contributed by atoms with Crippen LogP contribution >= 0.6 is 23.4 Å². The van der Waals surface area contributed by atoms with Crippen molar-refractivity contribution in [3.8, 4) is 0 Å². The van der Waals surface area contributed by atoms with Gasteiger partial charge in [0.2, 0.25) is 0 Å². The van der Waals surface area contributed by atoms with E-state index in [0.29, 0.717) is 10.8 Å². The molecule has 0 bridgehead atoms. The smallest absolute Gasteiger partial charge is 0.0900 e. The average Bonchev–Trinajstić information content (AvgIpc) is 2.25. The predicted octanol–water partition coefficient (Wildman–Crippen LogP) is 3.85. The maximum absolute atomic E-state index is 10.2. The van der Waals surface area contributed by atoms with Gasteiger partial charge in [-0.2, -0.15) is 0 Å². The van der Waals surface area contributed by atoms with Gasteiger partial charge in [-0.1, -0.05) is 38.4 Å². The number of hydrogen-bond acceptors (Lipinski definition) is 3. The number of rotatable bonds is 5. The summed E-state index contributed by atoms with van der Waals surface area (Å²) >= 11 is 7.51. The zero-order chi connectivity index (χ0) is 13.8. The standard InChI is InChI=1S/C14H21ClO2S/c1-14(2,3)13(17-4)12(16)9-18-11-7-5-6-10(15)8-11/h5-8,12-13,16H,9H2,1-4H3. The highest BCUT2D eigenvalue weighted by Crippen LogP contribution is 2.28. The Bertz CT molecular complexity index is 376. The summed E-state index contributed by atoms with van der Waals surface area (Å²) in [5, 5.41) is 10.9. The van der Waals surface area contributed by atoms with Gasteiger partial charge in [0.05, 0.1) is 12.2 Å². The molecule has 1 rings (SSSR count). The Kier molecular flexibility index (Phi) is 5.99. The summed E-state index contributed by atoms with van der Waals surface area (Å²) in [4.78, 5) is 1.06. The van der Waals surface area contributed by atoms with Gasteiger partial charge in [-0.25, -0.2) is 0 Å². The quantitative estimate of drug-likeness (QED) is 0.835. The molecule has 0 heterocycles. The SMILES string of the molecule is COC(C(O)CSc1cccc(Cl)c1)C(C)(C)C. The molecule has 0 aliphatic heterocycles. The van der Waals surface area contributed by atoms with Crippen LogP contribution in [0.3, 0.4) is 0 Å². The molecule has 0 saturated carbocycles. The number of ether oxygens (including phenoxy) is 1. The van der Waals surface area contributed by atoms with E-state index in [2.05, 4.69) is 20.8 Å². The van der Waals surface area contributed by atoms with Crippen molar-refractivity contribution in [2.24, 2.45) is 5.41 Å². The van der Waals surface area contributed by atoms with Gasteiger partial charge in [-0.15, -0.1) is 11.8 Å². The van der Waals surface area contributed by atoms with E-state index in [4.69, 9.17) is 16.3 Å². The van der Waals surface area contributed by atoms with Crippen LogP contribution in [-0.4, -0.2) is 30.2 Å². The second-order valence-electron chi connectivity index (χ2n) is 5.36. The minimum atomic E-state index is -0.501. The van der Waals surface area contributed by atoms with Gasteiger partial charge in [0.25, 0.3) is 0 Å². The number of hydrogen-bond donors (Lipinski definition) is 1. The first-order valence-corrected chi connectivity index (χ1v) is 7.30. The molecule has 0 aliphatic carbocycles. The van der Waals surface area contributed by atoms with Crippen molar-refractivity contribution in [2.75, 3.05) is 12.9 Å². The van der Waals surface area contributed by atoms with E-state index in [1.165, 1.54) is 0 Å². The fraction of sp³-hybridized carbons (Fsp3) is 0.571. The topological polar surface area (TPSA) is 29.5 Å². The summed E-state index contributed by atoms with van der Waals surface area (Å²) in [6.07, 6.45) is -0.678. The molecule has 0 aliphatic rings. The summed E-state index contributed by atoms with van der Waals surface area (Å²) in [6, 6.07) is 7.64. The minimum Gasteiger partial charge on any atom is -0.390 e. The van der Waals surface area contributed by atoms with Gasteiger partial charge < -0.3 is 9.84 Å². The van der Waals surface area contributed by atoms with E-state index >= 15 is 0 Å². The van der Waals surface area contributed by atoms with E-state index < -0.39 is 6.10 Å². The molecule has 2 unspecified atom stereocenters. The van der Waals surface area contributed by atoms with Crippen molar-refractivity contribution in [1.29, 1.82) is 0 Å². The number of benzene rings is 1. The molecule has 0 amide bonds. The van der Waals surface area contributed by atoms with Crippen LogP contribution in [-0.2, 0) is 4.74 Å². The predicted molar refractivity (Wildman–Crippen MR) is 78.4 cm³/mol. The normalized spacial score (nSPS) is 15.4. The van der Waals surface area contributed by atoms with Gasteiger partial charge in [0.15, 0.2) is 0 Å². The molecule has 2 atom stereocenters. The highest BCUT2D eigenvalue weighted by molar-refractivity contribution is 7.99. The molecule has 1 aromatic rings. The first-order chi connectivity index (χ1) is 8.34. The number of thioether (sulfide) groups is 1. The zero-order valence-electron chi connectivity index (χ0n) is 11.3. The molecule has 0 aromatic heterocycles. The highest BCUT2D eigenvalue weighted by Gasteiger charge is 2.31. The van der Waals surface area contributed by atoms with Crippen molar-refractivity contribution in [3.63, 3.8) is 0 Å². The van der Waals surface area contributed by atoms with Crippen molar-refractivity contribution in [2.45, 2.75) is 37.9 Å². The van der Waals surface area contributed by atoms with Crippen LogP contribution in [0.25, 0.3) is 0 Å². The Labute approximate surface area is 119 Å². The molecule has 0 spiro atoms. The van der Waals surface area contributed by atoms with E-state index in [-0.39, 0.29) is 11.5 Å². The molecule has 102 valence electrons. The van der Waals surface area contributed by atoms with Crippen LogP contribution < -0.4 is 0 Å². The Balaban J connectivity index is 2.57. The van der Waals surface area contributed by atoms with Gasteiger partial charge in [0.1, 0.15) is 0 Å². The van der Waals surface area contributed by atoms with Crippen LogP contribution in [0.1, 0.15) is 20.8 Å². The lowest BCUT2D eigenvalue weighted by Gasteiger charge is -2.33. The van der Waals surface area contributed by atoms with Crippen LogP contribution in [0.5, 0.6) is 0 Å². The molecule has 2 nitrogen and oxygen atoms in total. The number of aliphatic hydroxyl groups is 1. The third-order valence-corrected chi connectivity index (χ3v) is 4.00. The molecule has 4 heteroatoms. The summed E-state index contributed by atoms with van der Waals surface area (Å²) in [6.45, 7) is 6.19. The van der Waals surface area contributed by atoms with Crippen molar-refractivity contribution >= 4 is 23.4 Å². The summed E-state index contributed by atoms with van der Waals surface area (Å²) in [5.74, 6) is 0.593. The molecular formula is C14H21ClO2S. The fourth-order valence-corrected chi connectivity index (χ4v) is 3.09. The van der Waals surface area contributed by atoms with E-state index in [9.17, 15) is 5.11 Å². The van der Waals surface area contributed by atoms with Gasteiger partial charge >= 0.3 is 0 Å². The van der Waals surface area contributed by atoms with E-state index in [1.807, 2.05) is 24.3 Å². The second-order valence-corrected chi connectivity index (χ2v) is 6.89. The van der Waals surface area contributed by atoms with E-state index in [1.54, 1.807) is 18.9 Å². The molecule has 0 fully saturated rings. The lowest BCUT2D eigenvalue weighted by Crippen LogP contribution is -2.40. The highest BCUT2D eigenvalue weighted by atomic mass is 35.5. The Hall–Kier alpha value is -0.220. The van der Waals surface area contributed by atoms with Gasteiger partial charge in [0, 0.05) is 22.8 Å². The third kappa shape index (κ3) is 4.81. The fourth-order valence-electron chi connectivity index (χ4n) is 1.91. The molecule has 18 heavy (non-hydrogen) atoms. The molecule has 0 saturated heterocycles. The molecule has 1 aromatic carbocycles. The molecule has 0 radical (unpaired) electrons. The number of halogens is 1. The Morgan fingerprint density at radius 3 is 2.56 bits per heavy atom.